The van der Waals surface area contributed by atoms with E-state index in [1.807, 2.05) is 66.7 Å². The quantitative estimate of drug-likeness (QED) is 0.208. The van der Waals surface area contributed by atoms with Gasteiger partial charge in [-0.2, -0.15) is 0 Å². The highest BCUT2D eigenvalue weighted by Gasteiger charge is 2.20. The predicted molar refractivity (Wildman–Crippen MR) is 132 cm³/mol. The normalized spacial score (nSPS) is 10.7. The SMILES string of the molecule is COc1ccc2c(C(=O)c3ccc(OCCBr)cc3)c(-c3ccccc3OC)ccc2c1. The number of methoxy groups -OCH3 is 2. The van der Waals surface area contributed by atoms with Gasteiger partial charge in [0, 0.05) is 22.0 Å². The van der Waals surface area contributed by atoms with Gasteiger partial charge < -0.3 is 14.2 Å². The van der Waals surface area contributed by atoms with Crippen molar-refractivity contribution in [2.45, 2.75) is 0 Å². The van der Waals surface area contributed by atoms with Gasteiger partial charge in [0.15, 0.2) is 5.78 Å². The molecule has 0 atom stereocenters. The summed E-state index contributed by atoms with van der Waals surface area (Å²) < 4.78 is 16.6. The van der Waals surface area contributed by atoms with E-state index in [1.165, 1.54) is 0 Å². The maximum absolute atomic E-state index is 13.8. The third-order valence-corrected chi connectivity index (χ3v) is 5.64. The minimum absolute atomic E-state index is 0.0614. The molecule has 0 aliphatic carbocycles. The van der Waals surface area contributed by atoms with Crippen LogP contribution in [0.2, 0.25) is 0 Å². The molecule has 4 aromatic rings. The number of ketones is 1. The number of alkyl halides is 1. The monoisotopic (exact) mass is 490 g/mol. The average molecular weight is 491 g/mol. The Kier molecular flexibility index (Phi) is 6.76. The van der Waals surface area contributed by atoms with Gasteiger partial charge in [-0.15, -0.1) is 0 Å². The molecule has 4 nitrogen and oxygen atoms in total. The molecule has 0 saturated heterocycles. The van der Waals surface area contributed by atoms with Crippen LogP contribution < -0.4 is 14.2 Å². The van der Waals surface area contributed by atoms with E-state index in [9.17, 15) is 4.79 Å². The Morgan fingerprint density at radius 3 is 2.28 bits per heavy atom. The first-order valence-corrected chi connectivity index (χ1v) is 11.4. The van der Waals surface area contributed by atoms with Gasteiger partial charge >= 0.3 is 0 Å². The number of carbonyl (C=O) groups excluding carboxylic acids is 1. The van der Waals surface area contributed by atoms with Crippen molar-refractivity contribution in [3.05, 3.63) is 90.0 Å². The van der Waals surface area contributed by atoms with Crippen molar-refractivity contribution in [3.63, 3.8) is 0 Å². The van der Waals surface area contributed by atoms with E-state index in [-0.39, 0.29) is 5.78 Å². The first-order chi connectivity index (χ1) is 15.7. The predicted octanol–water partition coefficient (Wildman–Crippen LogP) is 6.53. The second kappa shape index (κ2) is 9.88. The molecule has 0 aliphatic heterocycles. The van der Waals surface area contributed by atoms with Crippen molar-refractivity contribution in [2.75, 3.05) is 26.2 Å². The standard InChI is InChI=1S/C27H23BrO4/c1-30-21-12-14-22-19(17-21)9-13-24(23-5-3-4-6-25(23)31-2)26(22)27(29)18-7-10-20(11-8-18)32-16-15-28/h3-14,17H,15-16H2,1-2H3. The lowest BCUT2D eigenvalue weighted by Crippen LogP contribution is -2.06. The van der Waals surface area contributed by atoms with E-state index in [1.54, 1.807) is 26.4 Å². The van der Waals surface area contributed by atoms with Crippen molar-refractivity contribution in [1.82, 2.24) is 0 Å². The largest absolute Gasteiger partial charge is 0.497 e. The Morgan fingerprint density at radius 1 is 0.812 bits per heavy atom. The van der Waals surface area contributed by atoms with E-state index in [0.29, 0.717) is 23.5 Å². The number of hydrogen-bond donors (Lipinski definition) is 0. The average Bonchev–Trinajstić information content (AvgIpc) is 2.86. The lowest BCUT2D eigenvalue weighted by Gasteiger charge is -2.16. The van der Waals surface area contributed by atoms with Crippen molar-refractivity contribution in [2.24, 2.45) is 0 Å². The molecule has 32 heavy (non-hydrogen) atoms. The van der Waals surface area contributed by atoms with E-state index in [0.717, 1.165) is 38.7 Å². The maximum atomic E-state index is 13.8. The van der Waals surface area contributed by atoms with Crippen molar-refractivity contribution < 1.29 is 19.0 Å². The molecule has 162 valence electrons. The van der Waals surface area contributed by atoms with Crippen LogP contribution in [0.4, 0.5) is 0 Å². The van der Waals surface area contributed by atoms with Gasteiger partial charge in [-0.3, -0.25) is 4.79 Å². The molecular formula is C27H23BrO4. The molecule has 5 heteroatoms. The highest BCUT2D eigenvalue weighted by atomic mass is 79.9. The molecule has 0 N–H and O–H groups in total. The molecular weight excluding hydrogens is 468 g/mol. The molecule has 0 fully saturated rings. The molecule has 0 spiro atoms. The van der Waals surface area contributed by atoms with Gasteiger partial charge in [0.2, 0.25) is 0 Å². The van der Waals surface area contributed by atoms with Crippen molar-refractivity contribution >= 4 is 32.5 Å². The Bertz CT molecular complexity index is 1250. The molecule has 4 rings (SSSR count). The fourth-order valence-electron chi connectivity index (χ4n) is 3.77. The first-order valence-electron chi connectivity index (χ1n) is 10.2. The smallest absolute Gasteiger partial charge is 0.194 e. The molecule has 0 unspecified atom stereocenters. The maximum Gasteiger partial charge on any atom is 0.194 e. The third-order valence-electron chi connectivity index (χ3n) is 5.31. The summed E-state index contributed by atoms with van der Waals surface area (Å²) in [6.45, 7) is 0.566. The Morgan fingerprint density at radius 2 is 1.56 bits per heavy atom. The summed E-state index contributed by atoms with van der Waals surface area (Å²) in [5.41, 5.74) is 2.91. The van der Waals surface area contributed by atoms with Gasteiger partial charge in [0.05, 0.1) is 20.8 Å². The van der Waals surface area contributed by atoms with E-state index >= 15 is 0 Å². The number of fused-ring (bicyclic) bond motifs is 1. The molecule has 0 saturated carbocycles. The fraction of sp³-hybridized carbons (Fsp3) is 0.148. The van der Waals surface area contributed by atoms with Crippen LogP contribution in [0.15, 0.2) is 78.9 Å². The summed E-state index contributed by atoms with van der Waals surface area (Å²) in [4.78, 5) is 13.8. The highest BCUT2D eigenvalue weighted by Crippen LogP contribution is 2.38. The molecule has 0 heterocycles. The summed E-state index contributed by atoms with van der Waals surface area (Å²) in [6, 6.07) is 24.7. The summed E-state index contributed by atoms with van der Waals surface area (Å²) >= 11 is 3.35. The zero-order valence-electron chi connectivity index (χ0n) is 17.9. The number of halogens is 1. The van der Waals surface area contributed by atoms with Gasteiger partial charge in [-0.05, 0) is 64.9 Å². The van der Waals surface area contributed by atoms with Crippen molar-refractivity contribution in [1.29, 1.82) is 0 Å². The number of rotatable bonds is 8. The van der Waals surface area contributed by atoms with Gasteiger partial charge in [-0.25, -0.2) is 0 Å². The van der Waals surface area contributed by atoms with Crippen LogP contribution in [0.3, 0.4) is 0 Å². The zero-order valence-corrected chi connectivity index (χ0v) is 19.5. The summed E-state index contributed by atoms with van der Waals surface area (Å²) in [5, 5.41) is 2.54. The van der Waals surface area contributed by atoms with Crippen LogP contribution in [0.1, 0.15) is 15.9 Å². The first kappa shape index (κ1) is 21.9. The number of ether oxygens (including phenoxy) is 3. The number of para-hydroxylation sites is 1. The molecule has 0 bridgehead atoms. The topological polar surface area (TPSA) is 44.8 Å². The highest BCUT2D eigenvalue weighted by molar-refractivity contribution is 9.09. The number of benzene rings is 4. The van der Waals surface area contributed by atoms with Crippen LogP contribution in [0.5, 0.6) is 17.2 Å². The van der Waals surface area contributed by atoms with Crippen LogP contribution >= 0.6 is 15.9 Å². The van der Waals surface area contributed by atoms with Gasteiger partial charge in [0.1, 0.15) is 17.2 Å². The van der Waals surface area contributed by atoms with Crippen LogP contribution in [0.25, 0.3) is 21.9 Å². The lowest BCUT2D eigenvalue weighted by molar-refractivity contribution is 0.104. The minimum Gasteiger partial charge on any atom is -0.497 e. The summed E-state index contributed by atoms with van der Waals surface area (Å²) in [5.74, 6) is 2.13. The number of hydrogen-bond acceptors (Lipinski definition) is 4. The van der Waals surface area contributed by atoms with E-state index in [4.69, 9.17) is 14.2 Å². The Labute approximate surface area is 195 Å². The fourth-order valence-corrected chi connectivity index (χ4v) is 3.94. The van der Waals surface area contributed by atoms with Crippen molar-refractivity contribution in [3.8, 4) is 28.4 Å². The molecule has 0 radical (unpaired) electrons. The molecule has 4 aromatic carbocycles. The summed E-state index contributed by atoms with van der Waals surface area (Å²) in [6.07, 6.45) is 0. The van der Waals surface area contributed by atoms with Gasteiger partial charge in [0.25, 0.3) is 0 Å². The van der Waals surface area contributed by atoms with Crippen LogP contribution in [-0.2, 0) is 0 Å². The minimum atomic E-state index is -0.0614. The molecule has 0 aromatic heterocycles. The third kappa shape index (κ3) is 4.34. The number of carbonyl (C=O) groups is 1. The van der Waals surface area contributed by atoms with E-state index in [2.05, 4.69) is 15.9 Å². The molecule has 0 aliphatic rings. The van der Waals surface area contributed by atoms with E-state index < -0.39 is 0 Å². The Balaban J connectivity index is 1.89. The molecule has 0 amide bonds. The second-order valence-electron chi connectivity index (χ2n) is 7.17. The van der Waals surface area contributed by atoms with Crippen LogP contribution in [0, 0.1) is 0 Å². The Hall–Kier alpha value is -3.31. The lowest BCUT2D eigenvalue weighted by atomic mass is 9.89. The van der Waals surface area contributed by atoms with Gasteiger partial charge in [-0.1, -0.05) is 46.3 Å². The van der Waals surface area contributed by atoms with Crippen LogP contribution in [-0.4, -0.2) is 31.9 Å². The zero-order chi connectivity index (χ0) is 22.5. The summed E-state index contributed by atoms with van der Waals surface area (Å²) in [7, 11) is 3.27. The second-order valence-corrected chi connectivity index (χ2v) is 7.96.